The van der Waals surface area contributed by atoms with Crippen LogP contribution in [0.5, 0.6) is 5.75 Å². The molecule has 0 saturated carbocycles. The largest absolute Gasteiger partial charge is 0.484 e. The van der Waals surface area contributed by atoms with Gasteiger partial charge in [0.2, 0.25) is 0 Å². The molecule has 0 atom stereocenters. The molecule has 1 aliphatic carbocycles. The van der Waals surface area contributed by atoms with E-state index in [1.54, 1.807) is 11.3 Å². The smallest absolute Gasteiger partial charge is 0.258 e. The van der Waals surface area contributed by atoms with Gasteiger partial charge in [-0.1, -0.05) is 12.1 Å². The highest BCUT2D eigenvalue weighted by Gasteiger charge is 2.18. The first-order chi connectivity index (χ1) is 13.8. The maximum atomic E-state index is 12.2. The number of para-hydroxylation sites is 1. The summed E-state index contributed by atoms with van der Waals surface area (Å²) in [5, 5.41) is 4.88. The van der Waals surface area contributed by atoms with E-state index in [0.29, 0.717) is 12.3 Å². The van der Waals surface area contributed by atoms with E-state index in [2.05, 4.69) is 10.3 Å². The fourth-order valence-corrected chi connectivity index (χ4v) is 4.61. The van der Waals surface area contributed by atoms with Gasteiger partial charge in [0.15, 0.2) is 6.61 Å². The van der Waals surface area contributed by atoms with Crippen LogP contribution in [0.4, 0.5) is 0 Å². The molecule has 2 aromatic heterocycles. The molecule has 0 radical (unpaired) electrons. The topological polar surface area (TPSA) is 64.4 Å². The Morgan fingerprint density at radius 3 is 3.00 bits per heavy atom. The lowest BCUT2D eigenvalue weighted by Gasteiger charge is -2.09. The number of amides is 1. The SMILES string of the molecule is O=C(COc1ccc2oc3c(c2c1)CCCC3)NCc1nc2ccccc2s1. The lowest BCUT2D eigenvalue weighted by Crippen LogP contribution is -2.28. The van der Waals surface area contributed by atoms with Crippen molar-refractivity contribution >= 4 is 38.4 Å². The van der Waals surface area contributed by atoms with E-state index in [0.717, 1.165) is 44.8 Å². The van der Waals surface area contributed by atoms with Crippen molar-refractivity contribution in [1.29, 1.82) is 0 Å². The molecular formula is C22H20N2O3S. The van der Waals surface area contributed by atoms with E-state index < -0.39 is 0 Å². The van der Waals surface area contributed by atoms with Gasteiger partial charge in [0.1, 0.15) is 22.1 Å². The first-order valence-corrected chi connectivity index (χ1v) is 10.4. The number of aryl methyl sites for hydroxylation is 2. The van der Waals surface area contributed by atoms with Crippen molar-refractivity contribution in [3.63, 3.8) is 0 Å². The van der Waals surface area contributed by atoms with E-state index in [4.69, 9.17) is 9.15 Å². The first-order valence-electron chi connectivity index (χ1n) is 9.54. The van der Waals surface area contributed by atoms with E-state index >= 15 is 0 Å². The third kappa shape index (κ3) is 3.36. The standard InChI is InChI=1S/C22H20N2O3S/c25-21(23-12-22-24-17-6-2-4-8-20(17)28-22)13-26-14-9-10-19-16(11-14)15-5-1-3-7-18(15)27-19/h2,4,6,8-11H,1,3,5,7,12-13H2,(H,23,25). The molecule has 142 valence electrons. The Labute approximate surface area is 166 Å². The minimum Gasteiger partial charge on any atom is -0.484 e. The van der Waals surface area contributed by atoms with Gasteiger partial charge in [-0.2, -0.15) is 0 Å². The van der Waals surface area contributed by atoms with Gasteiger partial charge in [-0.05, 0) is 49.6 Å². The second kappa shape index (κ2) is 7.28. The fraction of sp³-hybridized carbons (Fsp3) is 0.273. The molecule has 1 amide bonds. The maximum absolute atomic E-state index is 12.2. The van der Waals surface area contributed by atoms with Crippen molar-refractivity contribution in [2.75, 3.05) is 6.61 Å². The number of nitrogens with one attached hydrogen (secondary N) is 1. The molecule has 0 bridgehead atoms. The number of hydrogen-bond acceptors (Lipinski definition) is 5. The Morgan fingerprint density at radius 2 is 2.07 bits per heavy atom. The monoisotopic (exact) mass is 392 g/mol. The van der Waals surface area contributed by atoms with Gasteiger partial charge < -0.3 is 14.5 Å². The Morgan fingerprint density at radius 1 is 1.18 bits per heavy atom. The van der Waals surface area contributed by atoms with Gasteiger partial charge in [0.25, 0.3) is 5.91 Å². The number of fused-ring (bicyclic) bond motifs is 4. The molecule has 5 nitrogen and oxygen atoms in total. The summed E-state index contributed by atoms with van der Waals surface area (Å²) in [4.78, 5) is 16.7. The Kier molecular flexibility index (Phi) is 4.49. The third-order valence-corrected chi connectivity index (χ3v) is 6.11. The summed E-state index contributed by atoms with van der Waals surface area (Å²) in [5.41, 5.74) is 3.16. The van der Waals surface area contributed by atoms with Crippen LogP contribution in [0.1, 0.15) is 29.2 Å². The van der Waals surface area contributed by atoms with E-state index in [1.165, 1.54) is 18.4 Å². The second-order valence-electron chi connectivity index (χ2n) is 7.01. The molecule has 2 aromatic carbocycles. The molecule has 1 N–H and O–H groups in total. The molecular weight excluding hydrogens is 372 g/mol. The summed E-state index contributed by atoms with van der Waals surface area (Å²) in [6.07, 6.45) is 4.44. The van der Waals surface area contributed by atoms with Crippen LogP contribution in [0, 0.1) is 0 Å². The van der Waals surface area contributed by atoms with Crippen LogP contribution in [0.25, 0.3) is 21.2 Å². The van der Waals surface area contributed by atoms with Crippen molar-refractivity contribution in [3.05, 3.63) is 58.8 Å². The maximum Gasteiger partial charge on any atom is 0.258 e. The van der Waals surface area contributed by atoms with Gasteiger partial charge >= 0.3 is 0 Å². The normalized spacial score (nSPS) is 13.6. The minimum atomic E-state index is -0.159. The van der Waals surface area contributed by atoms with Gasteiger partial charge in [0, 0.05) is 17.4 Å². The molecule has 28 heavy (non-hydrogen) atoms. The second-order valence-corrected chi connectivity index (χ2v) is 8.12. The fourth-order valence-electron chi connectivity index (χ4n) is 3.70. The van der Waals surface area contributed by atoms with Gasteiger partial charge in [-0.15, -0.1) is 11.3 Å². The van der Waals surface area contributed by atoms with Crippen molar-refractivity contribution < 1.29 is 13.9 Å². The van der Waals surface area contributed by atoms with Gasteiger partial charge in [-0.25, -0.2) is 4.98 Å². The van der Waals surface area contributed by atoms with Crippen LogP contribution >= 0.6 is 11.3 Å². The number of carbonyl (C=O) groups excluding carboxylic acids is 1. The molecule has 4 aromatic rings. The zero-order chi connectivity index (χ0) is 18.9. The average Bonchev–Trinajstić information content (AvgIpc) is 3.31. The molecule has 5 rings (SSSR count). The summed E-state index contributed by atoms with van der Waals surface area (Å²) in [6, 6.07) is 13.7. The van der Waals surface area contributed by atoms with E-state index in [9.17, 15) is 4.79 Å². The van der Waals surface area contributed by atoms with Crippen LogP contribution in [0.3, 0.4) is 0 Å². The molecule has 0 fully saturated rings. The number of hydrogen-bond donors (Lipinski definition) is 1. The highest BCUT2D eigenvalue weighted by atomic mass is 32.1. The highest BCUT2D eigenvalue weighted by molar-refractivity contribution is 7.18. The molecule has 6 heteroatoms. The van der Waals surface area contributed by atoms with E-state index in [1.807, 2.05) is 42.5 Å². The zero-order valence-corrected chi connectivity index (χ0v) is 16.2. The summed E-state index contributed by atoms with van der Waals surface area (Å²) in [5.74, 6) is 1.64. The molecule has 1 aliphatic rings. The highest BCUT2D eigenvalue weighted by Crippen LogP contribution is 2.33. The lowest BCUT2D eigenvalue weighted by atomic mass is 9.96. The predicted molar refractivity (Wildman–Crippen MR) is 110 cm³/mol. The van der Waals surface area contributed by atoms with Gasteiger partial charge in [-0.3, -0.25) is 4.79 Å². The zero-order valence-electron chi connectivity index (χ0n) is 15.4. The van der Waals surface area contributed by atoms with Crippen LogP contribution in [-0.4, -0.2) is 17.5 Å². The number of aromatic nitrogens is 1. The minimum absolute atomic E-state index is 0.0174. The number of carbonyl (C=O) groups is 1. The quantitative estimate of drug-likeness (QED) is 0.538. The predicted octanol–water partition coefficient (Wildman–Crippen LogP) is 4.62. The molecule has 0 unspecified atom stereocenters. The van der Waals surface area contributed by atoms with Crippen LogP contribution in [0.2, 0.25) is 0 Å². The Balaban J connectivity index is 1.21. The molecule has 2 heterocycles. The number of furan rings is 1. The number of nitrogens with zero attached hydrogens (tertiary/aromatic N) is 1. The molecule has 0 spiro atoms. The van der Waals surface area contributed by atoms with Crippen molar-refractivity contribution in [1.82, 2.24) is 10.3 Å². The number of benzene rings is 2. The summed E-state index contributed by atoms with van der Waals surface area (Å²) < 4.78 is 12.8. The molecule has 0 saturated heterocycles. The van der Waals surface area contributed by atoms with Crippen molar-refractivity contribution in [2.45, 2.75) is 32.2 Å². The van der Waals surface area contributed by atoms with Crippen LogP contribution in [-0.2, 0) is 24.2 Å². The molecule has 0 aliphatic heterocycles. The third-order valence-electron chi connectivity index (χ3n) is 5.07. The van der Waals surface area contributed by atoms with Crippen LogP contribution in [0.15, 0.2) is 46.9 Å². The van der Waals surface area contributed by atoms with Crippen LogP contribution < -0.4 is 10.1 Å². The summed E-state index contributed by atoms with van der Waals surface area (Å²) >= 11 is 1.59. The first kappa shape index (κ1) is 17.3. The number of thiazole rings is 1. The number of ether oxygens (including phenoxy) is 1. The average molecular weight is 392 g/mol. The van der Waals surface area contributed by atoms with E-state index in [-0.39, 0.29) is 12.5 Å². The number of rotatable bonds is 5. The van der Waals surface area contributed by atoms with Crippen molar-refractivity contribution in [3.8, 4) is 5.75 Å². The summed E-state index contributed by atoms with van der Waals surface area (Å²) in [7, 11) is 0. The Bertz CT molecular complexity index is 1130. The summed E-state index contributed by atoms with van der Waals surface area (Å²) in [6.45, 7) is 0.395. The lowest BCUT2D eigenvalue weighted by molar-refractivity contribution is -0.123. The van der Waals surface area contributed by atoms with Gasteiger partial charge in [0.05, 0.1) is 16.8 Å². The Hall–Kier alpha value is -2.86. The van der Waals surface area contributed by atoms with Crippen molar-refractivity contribution in [2.24, 2.45) is 0 Å².